The van der Waals surface area contributed by atoms with Gasteiger partial charge in [0.1, 0.15) is 17.3 Å². The Morgan fingerprint density at radius 2 is 1.81 bits per heavy atom. The zero-order chi connectivity index (χ0) is 19.7. The maximum Gasteiger partial charge on any atom is 0.290 e. The third-order valence-electron chi connectivity index (χ3n) is 4.91. The second-order valence-electron chi connectivity index (χ2n) is 7.62. The molecule has 0 radical (unpaired) electrons. The van der Waals surface area contributed by atoms with Gasteiger partial charge in [0, 0.05) is 49.9 Å². The maximum absolute atomic E-state index is 14.4. The van der Waals surface area contributed by atoms with Crippen molar-refractivity contribution in [3.05, 3.63) is 45.8 Å². The Bertz CT molecular complexity index is 886. The number of halogens is 2. The number of rotatable bonds is 4. The summed E-state index contributed by atoms with van der Waals surface area (Å²) in [4.78, 5) is 17.4. The van der Waals surface area contributed by atoms with Gasteiger partial charge in [-0.15, -0.1) is 0 Å². The predicted molar refractivity (Wildman–Crippen MR) is 103 cm³/mol. The van der Waals surface area contributed by atoms with Crippen LogP contribution in [0.4, 0.5) is 14.5 Å². The Morgan fingerprint density at radius 3 is 2.41 bits per heavy atom. The minimum atomic E-state index is -0.676. The largest absolute Gasteiger partial charge is 0.364 e. The highest BCUT2D eigenvalue weighted by Gasteiger charge is 2.24. The molecule has 1 saturated heterocycles. The second kappa shape index (κ2) is 7.76. The van der Waals surface area contributed by atoms with Gasteiger partial charge in [0.2, 0.25) is 0 Å². The van der Waals surface area contributed by atoms with Crippen LogP contribution in [0.5, 0.6) is 0 Å². The molecule has 0 atom stereocenters. The summed E-state index contributed by atoms with van der Waals surface area (Å²) in [6.45, 7) is 9.39. The van der Waals surface area contributed by atoms with Gasteiger partial charge in [-0.1, -0.05) is 13.8 Å². The van der Waals surface area contributed by atoms with Gasteiger partial charge in [-0.3, -0.25) is 4.79 Å². The number of likely N-dealkylation sites (N-methyl/N-ethyl adjacent to an activating group) is 1. The van der Waals surface area contributed by atoms with Crippen molar-refractivity contribution in [2.45, 2.75) is 27.3 Å². The molecule has 1 aromatic heterocycles. The molecule has 146 valence electrons. The van der Waals surface area contributed by atoms with Crippen LogP contribution in [-0.2, 0) is 6.54 Å². The first-order valence-corrected chi connectivity index (χ1v) is 9.28. The fourth-order valence-corrected chi connectivity index (χ4v) is 3.45. The lowest BCUT2D eigenvalue weighted by Gasteiger charge is -2.34. The summed E-state index contributed by atoms with van der Waals surface area (Å²) in [5, 5.41) is 4.45. The van der Waals surface area contributed by atoms with Crippen molar-refractivity contribution in [2.24, 2.45) is 5.92 Å². The van der Waals surface area contributed by atoms with Crippen molar-refractivity contribution >= 4 is 5.69 Å². The van der Waals surface area contributed by atoms with Crippen LogP contribution in [0.3, 0.4) is 0 Å². The molecule has 1 aliphatic heterocycles. The lowest BCUT2D eigenvalue weighted by Crippen LogP contribution is -2.47. The molecule has 3 rings (SSSR count). The highest BCUT2D eigenvalue weighted by Crippen LogP contribution is 2.29. The summed E-state index contributed by atoms with van der Waals surface area (Å²) >= 11 is 0. The molecule has 0 bridgehead atoms. The Kier molecular flexibility index (Phi) is 5.60. The maximum atomic E-state index is 14.4. The lowest BCUT2D eigenvalue weighted by atomic mass is 10.0. The molecule has 0 aliphatic carbocycles. The van der Waals surface area contributed by atoms with Gasteiger partial charge >= 0.3 is 0 Å². The number of piperazine rings is 1. The number of anilines is 1. The monoisotopic (exact) mass is 376 g/mol. The summed E-state index contributed by atoms with van der Waals surface area (Å²) in [6.07, 6.45) is 0. The zero-order valence-corrected chi connectivity index (χ0v) is 16.3. The highest BCUT2D eigenvalue weighted by atomic mass is 19.1. The molecule has 0 amide bonds. The first-order chi connectivity index (χ1) is 12.8. The SMILES string of the molecule is Cc1c(-c2ccc(F)cc2F)nn(CC(C)C)c(=O)c1N1CCN(C)CC1. The lowest BCUT2D eigenvalue weighted by molar-refractivity contribution is 0.312. The van der Waals surface area contributed by atoms with E-state index in [4.69, 9.17) is 0 Å². The van der Waals surface area contributed by atoms with Crippen LogP contribution in [0.25, 0.3) is 11.3 Å². The standard InChI is InChI=1S/C20H26F2N4O/c1-13(2)12-26-20(27)19(25-9-7-24(4)8-10-25)14(3)18(23-26)16-6-5-15(21)11-17(16)22/h5-6,11,13H,7-10,12H2,1-4H3. The van der Waals surface area contributed by atoms with E-state index in [1.165, 1.54) is 16.8 Å². The van der Waals surface area contributed by atoms with E-state index in [0.29, 0.717) is 23.5 Å². The van der Waals surface area contributed by atoms with Crippen molar-refractivity contribution in [1.82, 2.24) is 14.7 Å². The van der Waals surface area contributed by atoms with Gasteiger partial charge in [0.05, 0.1) is 5.69 Å². The summed E-state index contributed by atoms with van der Waals surface area (Å²) < 4.78 is 29.2. The van der Waals surface area contributed by atoms with Crippen molar-refractivity contribution in [3.8, 4) is 11.3 Å². The van der Waals surface area contributed by atoms with E-state index >= 15 is 0 Å². The Balaban J connectivity index is 2.18. The topological polar surface area (TPSA) is 41.4 Å². The Hall–Kier alpha value is -2.28. The van der Waals surface area contributed by atoms with E-state index in [0.717, 1.165) is 32.2 Å². The number of nitrogens with zero attached hydrogens (tertiary/aromatic N) is 4. The fourth-order valence-electron chi connectivity index (χ4n) is 3.45. The van der Waals surface area contributed by atoms with Crippen LogP contribution in [-0.4, -0.2) is 47.9 Å². The Labute approximate surface area is 158 Å². The summed E-state index contributed by atoms with van der Waals surface area (Å²) in [5.41, 5.74) is 1.65. The molecule has 2 heterocycles. The number of hydrogen-bond acceptors (Lipinski definition) is 4. The van der Waals surface area contributed by atoms with Gasteiger partial charge < -0.3 is 9.80 Å². The van der Waals surface area contributed by atoms with Crippen LogP contribution in [0, 0.1) is 24.5 Å². The average Bonchev–Trinajstić information content (AvgIpc) is 2.59. The van der Waals surface area contributed by atoms with E-state index in [9.17, 15) is 13.6 Å². The van der Waals surface area contributed by atoms with Gasteiger partial charge in [0.25, 0.3) is 5.56 Å². The summed E-state index contributed by atoms with van der Waals surface area (Å²) in [5.74, 6) is -1.10. The zero-order valence-electron chi connectivity index (χ0n) is 16.3. The van der Waals surface area contributed by atoms with Gasteiger partial charge in [-0.25, -0.2) is 13.5 Å². The van der Waals surface area contributed by atoms with E-state index in [1.807, 2.05) is 20.9 Å². The third kappa shape index (κ3) is 4.03. The fraction of sp³-hybridized carbons (Fsp3) is 0.500. The van der Waals surface area contributed by atoms with E-state index in [-0.39, 0.29) is 17.0 Å². The van der Waals surface area contributed by atoms with Crippen molar-refractivity contribution in [3.63, 3.8) is 0 Å². The minimum Gasteiger partial charge on any atom is -0.364 e. The van der Waals surface area contributed by atoms with Crippen molar-refractivity contribution in [2.75, 3.05) is 38.1 Å². The van der Waals surface area contributed by atoms with Gasteiger partial charge in [-0.2, -0.15) is 5.10 Å². The van der Waals surface area contributed by atoms with Crippen LogP contribution in [0.15, 0.2) is 23.0 Å². The predicted octanol–water partition coefficient (Wildman–Crippen LogP) is 2.90. The number of benzene rings is 1. The van der Waals surface area contributed by atoms with Crippen LogP contribution >= 0.6 is 0 Å². The van der Waals surface area contributed by atoms with E-state index in [2.05, 4.69) is 14.9 Å². The minimum absolute atomic E-state index is 0.156. The number of aromatic nitrogens is 2. The quantitative estimate of drug-likeness (QED) is 0.823. The smallest absolute Gasteiger partial charge is 0.290 e. The van der Waals surface area contributed by atoms with E-state index in [1.54, 1.807) is 6.92 Å². The van der Waals surface area contributed by atoms with E-state index < -0.39 is 11.6 Å². The van der Waals surface area contributed by atoms with Gasteiger partial charge in [0.15, 0.2) is 0 Å². The normalized spacial score (nSPS) is 15.6. The average molecular weight is 376 g/mol. The molecule has 0 saturated carbocycles. The van der Waals surface area contributed by atoms with Crippen LogP contribution < -0.4 is 10.5 Å². The van der Waals surface area contributed by atoms with Crippen molar-refractivity contribution < 1.29 is 8.78 Å². The summed E-state index contributed by atoms with van der Waals surface area (Å²) in [7, 11) is 2.05. The first-order valence-electron chi connectivity index (χ1n) is 9.28. The number of hydrogen-bond donors (Lipinski definition) is 0. The molecule has 0 spiro atoms. The van der Waals surface area contributed by atoms with Crippen LogP contribution in [0.2, 0.25) is 0 Å². The molecular formula is C20H26F2N4O. The molecule has 7 heteroatoms. The first kappa shape index (κ1) is 19.5. The molecule has 1 fully saturated rings. The molecule has 1 aromatic carbocycles. The summed E-state index contributed by atoms with van der Waals surface area (Å²) in [6, 6.07) is 3.45. The Morgan fingerprint density at radius 1 is 1.15 bits per heavy atom. The van der Waals surface area contributed by atoms with Crippen LogP contribution in [0.1, 0.15) is 19.4 Å². The van der Waals surface area contributed by atoms with Crippen molar-refractivity contribution in [1.29, 1.82) is 0 Å². The molecule has 0 N–H and O–H groups in total. The third-order valence-corrected chi connectivity index (χ3v) is 4.91. The highest BCUT2D eigenvalue weighted by molar-refractivity contribution is 5.70. The molecule has 2 aromatic rings. The van der Waals surface area contributed by atoms with Gasteiger partial charge in [-0.05, 0) is 32.0 Å². The molecule has 1 aliphatic rings. The molecule has 27 heavy (non-hydrogen) atoms. The molecule has 0 unspecified atom stereocenters. The molecular weight excluding hydrogens is 350 g/mol. The second-order valence-corrected chi connectivity index (χ2v) is 7.62. The molecule has 5 nitrogen and oxygen atoms in total.